The number of hydrogen-bond donors (Lipinski definition) is 9. The van der Waals surface area contributed by atoms with Gasteiger partial charge in [-0.15, -0.1) is 0 Å². The first-order valence-corrected chi connectivity index (χ1v) is 12.4. The Labute approximate surface area is 230 Å². The zero-order chi connectivity index (χ0) is 29.6. The number of hydrogen-bond acceptors (Lipinski definition) is 15. The molecule has 2 aliphatic heterocycles. The molecule has 2 fully saturated rings. The fraction of sp³-hybridized carbons (Fsp3) is 0.423. The van der Waals surface area contributed by atoms with Crippen LogP contribution in [0.1, 0.15) is 0 Å². The van der Waals surface area contributed by atoms with Crippen LogP contribution in [-0.2, 0) is 14.2 Å². The van der Waals surface area contributed by atoms with Crippen molar-refractivity contribution < 1.29 is 69.3 Å². The van der Waals surface area contributed by atoms with Crippen LogP contribution in [0, 0.1) is 0 Å². The smallest absolute Gasteiger partial charge is 0.239 e. The molecule has 2 unspecified atom stereocenters. The van der Waals surface area contributed by atoms with Gasteiger partial charge in [0.05, 0.1) is 13.2 Å². The molecule has 0 saturated carbocycles. The first kappa shape index (κ1) is 29.0. The lowest BCUT2D eigenvalue weighted by Gasteiger charge is -2.44. The predicted octanol–water partition coefficient (Wildman–Crippen LogP) is -1.78. The summed E-state index contributed by atoms with van der Waals surface area (Å²) in [5.41, 5.74) is -0.972. The second-order valence-electron chi connectivity index (χ2n) is 9.65. The van der Waals surface area contributed by atoms with E-state index in [0.717, 1.165) is 12.1 Å². The van der Waals surface area contributed by atoms with Gasteiger partial charge in [-0.1, -0.05) is 0 Å². The van der Waals surface area contributed by atoms with Crippen molar-refractivity contribution in [3.63, 3.8) is 0 Å². The second kappa shape index (κ2) is 11.4. The number of aliphatic hydroxyl groups is 6. The molecule has 0 spiro atoms. The van der Waals surface area contributed by atoms with Crippen molar-refractivity contribution >= 4 is 11.0 Å². The summed E-state index contributed by atoms with van der Waals surface area (Å²) in [6.45, 7) is -1.24. The fourth-order valence-corrected chi connectivity index (χ4v) is 4.66. The van der Waals surface area contributed by atoms with Crippen LogP contribution in [0.25, 0.3) is 22.3 Å². The number of phenolic OH excluding ortho intramolecular Hbond substituents is 3. The van der Waals surface area contributed by atoms with Crippen LogP contribution in [0.3, 0.4) is 0 Å². The van der Waals surface area contributed by atoms with Gasteiger partial charge >= 0.3 is 0 Å². The van der Waals surface area contributed by atoms with Gasteiger partial charge in [0.25, 0.3) is 0 Å². The van der Waals surface area contributed by atoms with Gasteiger partial charge in [0.15, 0.2) is 12.1 Å². The van der Waals surface area contributed by atoms with Crippen molar-refractivity contribution in [2.45, 2.75) is 55.3 Å². The van der Waals surface area contributed by atoms with Gasteiger partial charge in [-0.2, -0.15) is 0 Å². The van der Waals surface area contributed by atoms with E-state index >= 15 is 0 Å². The fourth-order valence-electron chi connectivity index (χ4n) is 4.66. The van der Waals surface area contributed by atoms with Crippen molar-refractivity contribution in [3.8, 4) is 34.3 Å². The standard InChI is InChI=1S/C26H28O15/c27-7-15-18(33)23(40-25-20(35)17(32)13(31)8-37-25)21(36)26(39-15)41-24-19(34)16-12(30)5-11(29)6-14(16)38-22(24)9-1-3-10(28)4-2-9/h1-6,13,15,17-18,20-21,23,25-33,35-36H,7-8H2/t13-,15-,17+,18-,20-,21-,23+,25?,26?/m1/s1. The third-order valence-electron chi connectivity index (χ3n) is 6.85. The van der Waals surface area contributed by atoms with Crippen molar-refractivity contribution in [1.29, 1.82) is 0 Å². The number of aromatic hydroxyl groups is 3. The van der Waals surface area contributed by atoms with Crippen molar-refractivity contribution in [2.24, 2.45) is 0 Å². The van der Waals surface area contributed by atoms with Gasteiger partial charge in [-0.3, -0.25) is 4.79 Å². The maximum Gasteiger partial charge on any atom is 0.239 e. The van der Waals surface area contributed by atoms with E-state index in [-0.39, 0.29) is 28.0 Å². The highest BCUT2D eigenvalue weighted by Gasteiger charge is 2.50. The van der Waals surface area contributed by atoms with Crippen molar-refractivity contribution in [3.05, 3.63) is 46.6 Å². The quantitative estimate of drug-likeness (QED) is 0.156. The maximum absolute atomic E-state index is 13.6. The van der Waals surface area contributed by atoms with Crippen LogP contribution < -0.4 is 10.2 Å². The summed E-state index contributed by atoms with van der Waals surface area (Å²) in [5.74, 6) is -2.00. The average Bonchev–Trinajstić information content (AvgIpc) is 2.93. The molecule has 0 radical (unpaired) electrons. The normalized spacial score (nSPS) is 32.2. The van der Waals surface area contributed by atoms with Crippen LogP contribution in [-0.4, -0.2) is 114 Å². The minimum atomic E-state index is -1.91. The van der Waals surface area contributed by atoms with Gasteiger partial charge < -0.3 is 69.3 Å². The number of ether oxygens (including phenoxy) is 4. The molecule has 5 rings (SSSR count). The lowest BCUT2D eigenvalue weighted by Crippen LogP contribution is -2.64. The van der Waals surface area contributed by atoms with Gasteiger partial charge in [0, 0.05) is 17.7 Å². The number of aliphatic hydroxyl groups excluding tert-OH is 6. The number of benzene rings is 2. The Kier molecular flexibility index (Phi) is 8.06. The Morgan fingerprint density at radius 3 is 2.24 bits per heavy atom. The Hall–Kier alpha value is -3.51. The van der Waals surface area contributed by atoms with Gasteiger partial charge in [-0.25, -0.2) is 0 Å². The summed E-state index contributed by atoms with van der Waals surface area (Å²) < 4.78 is 27.8. The van der Waals surface area contributed by atoms with Gasteiger partial charge in [0.2, 0.25) is 17.5 Å². The lowest BCUT2D eigenvalue weighted by molar-refractivity contribution is -0.339. The Balaban J connectivity index is 1.54. The predicted molar refractivity (Wildman–Crippen MR) is 134 cm³/mol. The van der Waals surface area contributed by atoms with Crippen LogP contribution >= 0.6 is 0 Å². The summed E-state index contributed by atoms with van der Waals surface area (Å²) in [7, 11) is 0. The third-order valence-corrected chi connectivity index (χ3v) is 6.85. The zero-order valence-electron chi connectivity index (χ0n) is 21.0. The third kappa shape index (κ3) is 5.42. The summed E-state index contributed by atoms with van der Waals surface area (Å²) in [6, 6.07) is 7.31. The van der Waals surface area contributed by atoms with Crippen LogP contribution in [0.2, 0.25) is 0 Å². The van der Waals surface area contributed by atoms with E-state index in [2.05, 4.69) is 0 Å². The lowest BCUT2D eigenvalue weighted by atomic mass is 9.98. The van der Waals surface area contributed by atoms with E-state index in [1.807, 2.05) is 0 Å². The second-order valence-corrected chi connectivity index (χ2v) is 9.65. The van der Waals surface area contributed by atoms with Crippen LogP contribution in [0.15, 0.2) is 45.6 Å². The topological polar surface area (TPSA) is 249 Å². The van der Waals surface area contributed by atoms with E-state index in [0.29, 0.717) is 0 Å². The van der Waals surface area contributed by atoms with E-state index in [4.69, 9.17) is 23.4 Å². The van der Waals surface area contributed by atoms with E-state index in [1.54, 1.807) is 0 Å². The maximum atomic E-state index is 13.6. The van der Waals surface area contributed by atoms with E-state index in [1.165, 1.54) is 24.3 Å². The number of rotatable bonds is 6. The molecule has 0 bridgehead atoms. The molecule has 0 amide bonds. The first-order chi connectivity index (χ1) is 19.5. The van der Waals surface area contributed by atoms with Crippen LogP contribution in [0.5, 0.6) is 23.0 Å². The molecule has 2 saturated heterocycles. The minimum absolute atomic E-state index is 0.106. The molecule has 9 atom stereocenters. The molecular formula is C26H28O15. The summed E-state index contributed by atoms with van der Waals surface area (Å²) >= 11 is 0. The monoisotopic (exact) mass is 580 g/mol. The van der Waals surface area contributed by atoms with Gasteiger partial charge in [0.1, 0.15) is 70.9 Å². The first-order valence-electron chi connectivity index (χ1n) is 12.4. The highest BCUT2D eigenvalue weighted by molar-refractivity contribution is 5.88. The molecule has 9 N–H and O–H groups in total. The number of phenols is 3. The highest BCUT2D eigenvalue weighted by Crippen LogP contribution is 2.38. The van der Waals surface area contributed by atoms with Gasteiger partial charge in [-0.05, 0) is 24.3 Å². The molecule has 15 nitrogen and oxygen atoms in total. The molecule has 2 aromatic carbocycles. The Morgan fingerprint density at radius 1 is 0.854 bits per heavy atom. The summed E-state index contributed by atoms with van der Waals surface area (Å²) in [6.07, 6.45) is -15.1. The summed E-state index contributed by atoms with van der Waals surface area (Å²) in [5, 5.41) is 91.1. The Bertz CT molecular complexity index is 1440. The zero-order valence-corrected chi connectivity index (χ0v) is 21.0. The summed E-state index contributed by atoms with van der Waals surface area (Å²) in [4.78, 5) is 13.6. The molecule has 3 aromatic rings. The van der Waals surface area contributed by atoms with Crippen molar-refractivity contribution in [1.82, 2.24) is 0 Å². The largest absolute Gasteiger partial charge is 0.508 e. The number of fused-ring (bicyclic) bond motifs is 1. The molecular weight excluding hydrogens is 552 g/mol. The molecule has 2 aliphatic rings. The average molecular weight is 580 g/mol. The highest BCUT2D eigenvalue weighted by atomic mass is 16.7. The molecule has 222 valence electrons. The Morgan fingerprint density at radius 2 is 1.56 bits per heavy atom. The molecule has 1 aromatic heterocycles. The molecule has 0 aliphatic carbocycles. The minimum Gasteiger partial charge on any atom is -0.508 e. The molecule has 15 heteroatoms. The molecule has 3 heterocycles. The SMILES string of the molecule is O=c1c(OC2O[C@H](CO)[C@@H](O)[C@H](OC3OC[C@@H](O)[C@H](O)[C@H]3O)[C@H]2O)c(-c2ccc(O)cc2)oc2cc(O)cc(O)c12. The molecule has 41 heavy (non-hydrogen) atoms. The van der Waals surface area contributed by atoms with Crippen LogP contribution in [0.4, 0.5) is 0 Å². The van der Waals surface area contributed by atoms with Crippen molar-refractivity contribution in [2.75, 3.05) is 13.2 Å². The van der Waals surface area contributed by atoms with E-state index in [9.17, 15) is 50.8 Å². The van der Waals surface area contributed by atoms with E-state index < -0.39 is 91.2 Å².